The number of hydrogen-bond donors (Lipinski definition) is 1. The maximum atomic E-state index is 14.3. The highest BCUT2D eigenvalue weighted by Crippen LogP contribution is 2.57. The Kier molecular flexibility index (Phi) is 8.88. The van der Waals surface area contributed by atoms with Gasteiger partial charge in [0.2, 0.25) is 5.91 Å². The van der Waals surface area contributed by atoms with Gasteiger partial charge in [-0.3, -0.25) is 14.5 Å². The van der Waals surface area contributed by atoms with E-state index in [2.05, 4.69) is 41.7 Å². The molecule has 4 aromatic rings. The van der Waals surface area contributed by atoms with Crippen LogP contribution in [0.15, 0.2) is 133 Å². The summed E-state index contributed by atoms with van der Waals surface area (Å²) in [6, 6.07) is 38.9. The van der Waals surface area contributed by atoms with Crippen LogP contribution >= 0.6 is 7.26 Å². The molecule has 2 aliphatic rings. The zero-order chi connectivity index (χ0) is 34.2. The van der Waals surface area contributed by atoms with Crippen LogP contribution in [0.3, 0.4) is 0 Å². The molecule has 0 radical (unpaired) electrons. The van der Waals surface area contributed by atoms with E-state index in [1.54, 1.807) is 57.3 Å². The lowest BCUT2D eigenvalue weighted by Crippen LogP contribution is -2.85. The van der Waals surface area contributed by atoms with Gasteiger partial charge in [0, 0.05) is 6.20 Å². The summed E-state index contributed by atoms with van der Waals surface area (Å²) >= 11 is 0. The third-order valence-electron chi connectivity index (χ3n) is 8.54. The first kappa shape index (κ1) is 33.3. The van der Waals surface area contributed by atoms with Gasteiger partial charge in [0.1, 0.15) is 28.8 Å². The van der Waals surface area contributed by atoms with E-state index in [0.717, 1.165) is 20.8 Å². The van der Waals surface area contributed by atoms with Crippen molar-refractivity contribution in [3.63, 3.8) is 0 Å². The summed E-state index contributed by atoms with van der Waals surface area (Å²) < 4.78 is 34.3. The Morgan fingerprint density at radius 3 is 1.73 bits per heavy atom. The summed E-state index contributed by atoms with van der Waals surface area (Å²) in [7, 11) is -6.71. The normalized spacial score (nSPS) is 20.1. The zero-order valence-corrected chi connectivity index (χ0v) is 28.8. The molecular formula is C38H38N2O6PS+. The van der Waals surface area contributed by atoms with E-state index >= 15 is 0 Å². The highest BCUT2D eigenvalue weighted by atomic mass is 32.2. The van der Waals surface area contributed by atoms with Crippen LogP contribution < -0.4 is 21.2 Å². The lowest BCUT2D eigenvalue weighted by atomic mass is 9.86. The van der Waals surface area contributed by atoms with Gasteiger partial charge in [-0.2, -0.15) is 0 Å². The van der Waals surface area contributed by atoms with E-state index in [1.807, 2.05) is 54.6 Å². The van der Waals surface area contributed by atoms with Crippen molar-refractivity contribution in [3.8, 4) is 0 Å². The van der Waals surface area contributed by atoms with E-state index in [9.17, 15) is 22.8 Å². The minimum absolute atomic E-state index is 0.148. The number of nitrogens with one attached hydrogen (secondary N) is 1. The number of nitrogens with zero attached hydrogens (tertiary/aromatic N) is 1. The lowest BCUT2D eigenvalue weighted by Gasteiger charge is -2.53. The molecular weight excluding hydrogens is 643 g/mol. The zero-order valence-electron chi connectivity index (χ0n) is 27.1. The first-order chi connectivity index (χ1) is 22.9. The van der Waals surface area contributed by atoms with Crippen LogP contribution in [0.25, 0.3) is 0 Å². The fraction of sp³-hybridized carbons (Fsp3) is 0.237. The monoisotopic (exact) mass is 681 g/mol. The van der Waals surface area contributed by atoms with Crippen LogP contribution in [-0.4, -0.2) is 59.5 Å². The van der Waals surface area contributed by atoms with Crippen molar-refractivity contribution in [2.75, 3.05) is 11.9 Å². The number of rotatable bonds is 9. The fourth-order valence-electron chi connectivity index (χ4n) is 6.62. The Morgan fingerprint density at radius 2 is 1.27 bits per heavy atom. The molecule has 0 spiro atoms. The van der Waals surface area contributed by atoms with Gasteiger partial charge in [-0.25, -0.2) is 13.2 Å². The van der Waals surface area contributed by atoms with Crippen LogP contribution in [0, 0.1) is 0 Å². The third-order valence-corrected chi connectivity index (χ3v) is 15.0. The second-order valence-corrected chi connectivity index (χ2v) is 18.7. The van der Waals surface area contributed by atoms with E-state index in [1.165, 1.54) is 0 Å². The van der Waals surface area contributed by atoms with Gasteiger partial charge in [-0.1, -0.05) is 84.9 Å². The largest absolute Gasteiger partial charge is 0.458 e. The first-order valence-electron chi connectivity index (χ1n) is 15.7. The van der Waals surface area contributed by atoms with Gasteiger partial charge in [0.05, 0.1) is 18.3 Å². The number of esters is 1. The van der Waals surface area contributed by atoms with E-state index in [4.69, 9.17) is 4.74 Å². The highest BCUT2D eigenvalue weighted by Gasteiger charge is 2.73. The Labute approximate surface area is 282 Å². The average molecular weight is 682 g/mol. The molecule has 2 amide bonds. The van der Waals surface area contributed by atoms with Gasteiger partial charge in [0.15, 0.2) is 15.2 Å². The average Bonchev–Trinajstić information content (AvgIpc) is 3.06. The molecule has 48 heavy (non-hydrogen) atoms. The molecule has 0 aliphatic carbocycles. The predicted molar refractivity (Wildman–Crippen MR) is 189 cm³/mol. The number of hydrogen-bond acceptors (Lipinski definition) is 6. The predicted octanol–water partition coefficient (Wildman–Crippen LogP) is 3.90. The molecule has 2 heterocycles. The third kappa shape index (κ3) is 6.09. The molecule has 1 saturated heterocycles. The van der Waals surface area contributed by atoms with Crippen molar-refractivity contribution in [1.29, 1.82) is 0 Å². The first-order valence-corrected chi connectivity index (χ1v) is 19.4. The van der Waals surface area contributed by atoms with Crippen molar-refractivity contribution in [3.05, 3.63) is 139 Å². The van der Waals surface area contributed by atoms with Gasteiger partial charge in [-0.05, 0) is 68.3 Å². The van der Waals surface area contributed by atoms with Gasteiger partial charge in [0.25, 0.3) is 11.4 Å². The summed E-state index contributed by atoms with van der Waals surface area (Å²) in [6.07, 6.45) is 1.77. The van der Waals surface area contributed by atoms with E-state index < -0.39 is 57.2 Å². The molecule has 246 valence electrons. The number of benzene rings is 4. The smallest absolute Gasteiger partial charge is 0.345 e. The quantitative estimate of drug-likeness (QED) is 0.124. The molecule has 1 N–H and O–H groups in total. The standard InChI is InChI=1S/C38H37N2O6PS/c1-37(2,3)46-36(43)38(39-33(41)24-28-16-8-4-9-17-28)34(42)40-25-29(27-48(44,45)35(38)40)26-47(30-18-10-5-11-19-30,31-20-12-6-13-21-31)32-22-14-7-15-23-32/h4-23,25,35H,24,26-27H2,1-3H3/p+1/t35-,38?/m0/s1. The second kappa shape index (κ2) is 12.8. The molecule has 1 fully saturated rings. The SMILES string of the molecule is CC(C)(C)OC(=O)C1(NC(=O)Cc2ccccc2)C(=O)N2C=C(C[P+](c3ccccc3)(c3ccccc3)c3ccccc3)CS(=O)(=O)[C@H]21. The highest BCUT2D eigenvalue weighted by molar-refractivity contribution is 7.96. The molecule has 0 saturated carbocycles. The Morgan fingerprint density at radius 1 is 0.812 bits per heavy atom. The van der Waals surface area contributed by atoms with Crippen LogP contribution in [0.1, 0.15) is 26.3 Å². The molecule has 1 unspecified atom stereocenters. The minimum Gasteiger partial charge on any atom is -0.458 e. The van der Waals surface area contributed by atoms with Gasteiger partial charge >= 0.3 is 5.97 Å². The summed E-state index contributed by atoms with van der Waals surface area (Å²) in [5, 5.41) is 4.09. The number of β-lactam (4-membered cyclic amide) rings is 1. The molecule has 0 aromatic heterocycles. The fourth-order valence-corrected chi connectivity index (χ4v) is 13.2. The maximum Gasteiger partial charge on any atom is 0.345 e. The second-order valence-electron chi connectivity index (χ2n) is 13.2. The van der Waals surface area contributed by atoms with Gasteiger partial charge < -0.3 is 10.1 Å². The molecule has 6 rings (SSSR count). The van der Waals surface area contributed by atoms with Gasteiger partial charge in [-0.15, -0.1) is 0 Å². The molecule has 2 atom stereocenters. The van der Waals surface area contributed by atoms with Crippen LogP contribution in [0.2, 0.25) is 0 Å². The molecule has 2 aliphatic heterocycles. The number of carbonyl (C=O) groups excluding carboxylic acids is 3. The van der Waals surface area contributed by atoms with Crippen molar-refractivity contribution >= 4 is 50.8 Å². The number of ether oxygens (including phenoxy) is 1. The van der Waals surface area contributed by atoms with E-state index in [0.29, 0.717) is 17.3 Å². The number of amides is 2. The molecule has 10 heteroatoms. The summed E-state index contributed by atoms with van der Waals surface area (Å²) in [5.41, 5.74) is -2.27. The molecule has 4 aromatic carbocycles. The minimum atomic E-state index is -4.21. The van der Waals surface area contributed by atoms with Crippen LogP contribution in [0.4, 0.5) is 0 Å². The van der Waals surface area contributed by atoms with Crippen LogP contribution in [0.5, 0.6) is 0 Å². The Bertz CT molecular complexity index is 1870. The number of sulfone groups is 1. The van der Waals surface area contributed by atoms with Crippen molar-refractivity contribution in [2.24, 2.45) is 0 Å². The molecule has 8 nitrogen and oxygen atoms in total. The van der Waals surface area contributed by atoms with Crippen molar-refractivity contribution in [2.45, 2.75) is 43.7 Å². The maximum absolute atomic E-state index is 14.3. The number of fused-ring (bicyclic) bond motifs is 1. The molecule has 0 bridgehead atoms. The summed E-state index contributed by atoms with van der Waals surface area (Å²) in [5.74, 6) is -2.99. The van der Waals surface area contributed by atoms with E-state index in [-0.39, 0.29) is 6.42 Å². The van der Waals surface area contributed by atoms with Crippen LogP contribution in [-0.2, 0) is 35.4 Å². The Balaban J connectivity index is 1.43. The topological polar surface area (TPSA) is 110 Å². The van der Waals surface area contributed by atoms with Crippen molar-refractivity contribution < 1.29 is 27.5 Å². The van der Waals surface area contributed by atoms with Crippen molar-refractivity contribution in [1.82, 2.24) is 10.2 Å². The number of carbonyl (C=O) groups is 3. The summed E-state index contributed by atoms with van der Waals surface area (Å²) in [4.78, 5) is 42.4. The Hall–Kier alpha value is -4.59. The lowest BCUT2D eigenvalue weighted by molar-refractivity contribution is -0.181. The summed E-state index contributed by atoms with van der Waals surface area (Å²) in [6.45, 7) is 4.87.